The molecule has 0 atom stereocenters. The molecule has 2 aromatic rings. The summed E-state index contributed by atoms with van der Waals surface area (Å²) in [6.07, 6.45) is 2.66. The first kappa shape index (κ1) is 15.3. The normalized spacial score (nSPS) is 11.4. The summed E-state index contributed by atoms with van der Waals surface area (Å²) in [5.41, 5.74) is 0.723. The predicted octanol–water partition coefficient (Wildman–Crippen LogP) is 3.44. The van der Waals surface area contributed by atoms with E-state index in [2.05, 4.69) is 36.4 Å². The molecule has 0 aliphatic heterocycles. The Morgan fingerprint density at radius 3 is 2.52 bits per heavy atom. The third-order valence-corrected chi connectivity index (χ3v) is 3.96. The van der Waals surface area contributed by atoms with Crippen LogP contribution < -0.4 is 10.6 Å². The number of rotatable bonds is 5. The summed E-state index contributed by atoms with van der Waals surface area (Å²) >= 11 is 0. The van der Waals surface area contributed by atoms with Crippen molar-refractivity contribution >= 4 is 22.5 Å². The Morgan fingerprint density at radius 1 is 1.24 bits per heavy atom. The van der Waals surface area contributed by atoms with Crippen LogP contribution >= 0.6 is 0 Å². The van der Waals surface area contributed by atoms with Crippen molar-refractivity contribution in [2.75, 3.05) is 18.9 Å². The number of amides is 1. The Morgan fingerprint density at radius 2 is 1.90 bits per heavy atom. The van der Waals surface area contributed by atoms with Gasteiger partial charge in [0.2, 0.25) is 0 Å². The van der Waals surface area contributed by atoms with E-state index in [0.717, 1.165) is 23.0 Å². The lowest BCUT2D eigenvalue weighted by atomic mass is 9.90. The van der Waals surface area contributed by atoms with Gasteiger partial charge in [0, 0.05) is 25.2 Å². The molecule has 0 aliphatic carbocycles. The van der Waals surface area contributed by atoms with Crippen LogP contribution in [0.15, 0.2) is 30.5 Å². The van der Waals surface area contributed by atoms with Crippen molar-refractivity contribution < 1.29 is 4.79 Å². The van der Waals surface area contributed by atoms with Gasteiger partial charge in [0.1, 0.15) is 5.82 Å². The molecule has 0 unspecified atom stereocenters. The van der Waals surface area contributed by atoms with E-state index in [-0.39, 0.29) is 11.3 Å². The van der Waals surface area contributed by atoms with E-state index in [0.29, 0.717) is 12.1 Å². The minimum absolute atomic E-state index is 0.0668. The van der Waals surface area contributed by atoms with E-state index in [9.17, 15) is 4.79 Å². The van der Waals surface area contributed by atoms with Crippen LogP contribution in [0.3, 0.4) is 0 Å². The smallest absolute Gasteiger partial charge is 0.253 e. The second-order valence-corrected chi connectivity index (χ2v) is 6.02. The van der Waals surface area contributed by atoms with Crippen molar-refractivity contribution in [3.63, 3.8) is 0 Å². The fraction of sp³-hybridized carbons (Fsp3) is 0.412. The van der Waals surface area contributed by atoms with Crippen molar-refractivity contribution in [2.45, 2.75) is 27.2 Å². The number of fused-ring (bicyclic) bond motifs is 1. The molecule has 1 aromatic heterocycles. The van der Waals surface area contributed by atoms with Crippen molar-refractivity contribution in [1.29, 1.82) is 0 Å². The lowest BCUT2D eigenvalue weighted by molar-refractivity contribution is 0.0937. The maximum atomic E-state index is 12.4. The monoisotopic (exact) mass is 285 g/mol. The molecule has 4 nitrogen and oxygen atoms in total. The van der Waals surface area contributed by atoms with E-state index in [1.165, 1.54) is 0 Å². The first-order valence-corrected chi connectivity index (χ1v) is 7.32. The summed E-state index contributed by atoms with van der Waals surface area (Å²) in [4.78, 5) is 16.8. The quantitative estimate of drug-likeness (QED) is 0.884. The molecular weight excluding hydrogens is 262 g/mol. The predicted molar refractivity (Wildman–Crippen MR) is 87.7 cm³/mol. The average molecular weight is 285 g/mol. The minimum atomic E-state index is -0.0668. The summed E-state index contributed by atoms with van der Waals surface area (Å²) in [5.74, 6) is 0.721. The number of pyridine rings is 1. The molecule has 0 saturated heterocycles. The molecule has 1 aromatic carbocycles. The van der Waals surface area contributed by atoms with Gasteiger partial charge < -0.3 is 10.6 Å². The Balaban J connectivity index is 2.32. The minimum Gasteiger partial charge on any atom is -0.373 e. The van der Waals surface area contributed by atoms with E-state index in [4.69, 9.17) is 0 Å². The molecule has 0 bridgehead atoms. The summed E-state index contributed by atoms with van der Waals surface area (Å²) < 4.78 is 0. The molecule has 2 rings (SSSR count). The fourth-order valence-electron chi connectivity index (χ4n) is 2.11. The average Bonchev–Trinajstić information content (AvgIpc) is 2.51. The highest BCUT2D eigenvalue weighted by atomic mass is 16.1. The zero-order chi connectivity index (χ0) is 15.5. The summed E-state index contributed by atoms with van der Waals surface area (Å²) in [6.45, 7) is 7.08. The van der Waals surface area contributed by atoms with Gasteiger partial charge in [0.05, 0.1) is 5.56 Å². The maximum Gasteiger partial charge on any atom is 0.253 e. The first-order chi connectivity index (χ1) is 9.98. The number of hydrogen-bond donors (Lipinski definition) is 2. The number of nitrogens with zero attached hydrogens (tertiary/aromatic N) is 1. The second kappa shape index (κ2) is 6.12. The Bertz CT molecular complexity index is 650. The number of anilines is 1. The van der Waals surface area contributed by atoms with Crippen LogP contribution in [-0.2, 0) is 0 Å². The van der Waals surface area contributed by atoms with E-state index >= 15 is 0 Å². The van der Waals surface area contributed by atoms with Crippen LogP contribution in [0.25, 0.3) is 10.8 Å². The van der Waals surface area contributed by atoms with Crippen LogP contribution in [0.1, 0.15) is 37.6 Å². The van der Waals surface area contributed by atoms with E-state index < -0.39 is 0 Å². The molecular formula is C17H23N3O. The molecule has 0 spiro atoms. The van der Waals surface area contributed by atoms with E-state index in [1.54, 1.807) is 6.20 Å². The van der Waals surface area contributed by atoms with Gasteiger partial charge in [-0.3, -0.25) is 4.79 Å². The maximum absolute atomic E-state index is 12.4. The molecule has 112 valence electrons. The summed E-state index contributed by atoms with van der Waals surface area (Å²) in [7, 11) is 1.83. The number of hydrogen-bond acceptors (Lipinski definition) is 3. The van der Waals surface area contributed by atoms with Crippen molar-refractivity contribution in [3.05, 3.63) is 36.0 Å². The largest absolute Gasteiger partial charge is 0.373 e. The zero-order valence-electron chi connectivity index (χ0n) is 13.2. The van der Waals surface area contributed by atoms with Crippen LogP contribution in [0.2, 0.25) is 0 Å². The summed E-state index contributed by atoms with van der Waals surface area (Å²) in [5, 5.41) is 7.96. The van der Waals surface area contributed by atoms with Gasteiger partial charge in [-0.05, 0) is 17.2 Å². The molecule has 0 radical (unpaired) electrons. The van der Waals surface area contributed by atoms with E-state index in [1.807, 2.05) is 31.3 Å². The van der Waals surface area contributed by atoms with Gasteiger partial charge in [-0.15, -0.1) is 0 Å². The van der Waals surface area contributed by atoms with Gasteiger partial charge in [-0.1, -0.05) is 45.0 Å². The Labute approximate surface area is 126 Å². The molecule has 0 aliphatic rings. The van der Waals surface area contributed by atoms with Gasteiger partial charge in [0.25, 0.3) is 5.91 Å². The first-order valence-electron chi connectivity index (χ1n) is 7.32. The summed E-state index contributed by atoms with van der Waals surface area (Å²) in [6, 6.07) is 7.82. The van der Waals surface area contributed by atoms with Gasteiger partial charge >= 0.3 is 0 Å². The lowest BCUT2D eigenvalue weighted by Crippen LogP contribution is -2.33. The number of carbonyl (C=O) groups excluding carboxylic acids is 1. The molecule has 21 heavy (non-hydrogen) atoms. The SMILES string of the molecule is CCC(C)(C)CNC(=O)c1cnc(NC)c2ccccc12. The molecule has 0 fully saturated rings. The standard InChI is InChI=1S/C17H23N3O/c1-5-17(2,3)11-20-16(21)14-10-19-15(18-4)13-9-7-6-8-12(13)14/h6-10H,5,11H2,1-4H3,(H,18,19)(H,20,21). The van der Waals surface area contributed by atoms with Crippen molar-refractivity contribution in [2.24, 2.45) is 5.41 Å². The van der Waals surface area contributed by atoms with Gasteiger partial charge in [-0.25, -0.2) is 4.98 Å². The van der Waals surface area contributed by atoms with Gasteiger partial charge in [-0.2, -0.15) is 0 Å². The third-order valence-electron chi connectivity index (χ3n) is 3.96. The van der Waals surface area contributed by atoms with Crippen LogP contribution in [0, 0.1) is 5.41 Å². The molecule has 0 saturated carbocycles. The number of nitrogens with one attached hydrogen (secondary N) is 2. The highest BCUT2D eigenvalue weighted by Crippen LogP contribution is 2.24. The van der Waals surface area contributed by atoms with Crippen LogP contribution in [0.5, 0.6) is 0 Å². The number of aromatic nitrogens is 1. The highest BCUT2D eigenvalue weighted by molar-refractivity contribution is 6.09. The lowest BCUT2D eigenvalue weighted by Gasteiger charge is -2.23. The number of carbonyl (C=O) groups is 1. The molecule has 2 N–H and O–H groups in total. The third kappa shape index (κ3) is 3.32. The van der Waals surface area contributed by atoms with Crippen LogP contribution in [-0.4, -0.2) is 24.5 Å². The van der Waals surface area contributed by atoms with Crippen LogP contribution in [0.4, 0.5) is 5.82 Å². The number of benzene rings is 1. The molecule has 1 amide bonds. The molecule has 4 heteroatoms. The highest BCUT2D eigenvalue weighted by Gasteiger charge is 2.18. The van der Waals surface area contributed by atoms with Crippen molar-refractivity contribution in [3.8, 4) is 0 Å². The Hall–Kier alpha value is -2.10. The van der Waals surface area contributed by atoms with Gasteiger partial charge in [0.15, 0.2) is 0 Å². The molecule has 1 heterocycles. The fourth-order valence-corrected chi connectivity index (χ4v) is 2.11. The topological polar surface area (TPSA) is 54.0 Å². The Kier molecular flexibility index (Phi) is 4.46. The van der Waals surface area contributed by atoms with Crippen molar-refractivity contribution in [1.82, 2.24) is 10.3 Å². The second-order valence-electron chi connectivity index (χ2n) is 6.02. The zero-order valence-corrected chi connectivity index (χ0v) is 13.2.